The van der Waals surface area contributed by atoms with E-state index < -0.39 is 65.3 Å². The molecule has 0 aliphatic rings. The Labute approximate surface area is 755 Å². The van der Waals surface area contributed by atoms with Crippen LogP contribution in [0.25, 0.3) is 62.6 Å². The summed E-state index contributed by atoms with van der Waals surface area (Å²) in [6.45, 7) is 0. The highest BCUT2D eigenvalue weighted by Gasteiger charge is 2.49. The zero-order valence-corrected chi connectivity index (χ0v) is 79.2. The first kappa shape index (κ1) is 105. The molecule has 0 amide bonds. The molecule has 45 heteroatoms. The second-order valence-electron chi connectivity index (χ2n) is 20.6. The van der Waals surface area contributed by atoms with Crippen LogP contribution < -0.4 is 9.65 Å². The summed E-state index contributed by atoms with van der Waals surface area (Å²) in [7, 11) is -18.7. The molecule has 0 aliphatic carbocycles. The lowest BCUT2D eigenvalue weighted by Crippen LogP contribution is -2.31. The van der Waals surface area contributed by atoms with Crippen molar-refractivity contribution in [2.24, 2.45) is 0 Å². The van der Waals surface area contributed by atoms with E-state index in [-0.39, 0.29) is 26.4 Å². The summed E-state index contributed by atoms with van der Waals surface area (Å²) in [5.74, 6) is 0.638. The highest BCUT2D eigenvalue weighted by Crippen LogP contribution is 2.45. The highest BCUT2D eigenvalue weighted by molar-refractivity contribution is 14.1. The second-order valence-corrected chi connectivity index (χ2v) is 39.9. The van der Waals surface area contributed by atoms with Gasteiger partial charge in [-0.3, -0.25) is 28.4 Å². The Morgan fingerprint density at radius 2 is 0.821 bits per heavy atom. The Hall–Kier alpha value is -2.77. The van der Waals surface area contributed by atoms with Gasteiger partial charge in [-0.2, -0.15) is 51.6 Å². The Balaban J connectivity index is 0.000000445. The molecular weight excluding hydrogens is 2420 g/mol. The Morgan fingerprint density at radius 3 is 1.22 bits per heavy atom. The van der Waals surface area contributed by atoms with Crippen molar-refractivity contribution < 1.29 is 115 Å². The molecule has 1 unspecified atom stereocenters. The van der Waals surface area contributed by atoms with Crippen LogP contribution in [-0.2, 0) is 41.4 Å². The average Bonchev–Trinajstić information content (AvgIpc) is 1.61. The van der Waals surface area contributed by atoms with Crippen LogP contribution in [0.5, 0.6) is 28.7 Å². The molecule has 12 rings (SSSR count). The van der Waals surface area contributed by atoms with Gasteiger partial charge in [-0.05, 0) is 234 Å². The van der Waals surface area contributed by atoms with Crippen LogP contribution in [0, 0.1) is 3.57 Å². The van der Waals surface area contributed by atoms with Crippen LogP contribution in [0.4, 0.5) is 26.3 Å². The summed E-state index contributed by atoms with van der Waals surface area (Å²) < 4.78 is 179. The van der Waals surface area contributed by atoms with Gasteiger partial charge in [-0.25, -0.2) is 0 Å². The van der Waals surface area contributed by atoms with E-state index in [1.54, 1.807) is 96.1 Å². The van der Waals surface area contributed by atoms with Gasteiger partial charge in [0.1, 0.15) is 28.7 Å². The number of benzene rings is 10. The van der Waals surface area contributed by atoms with Crippen molar-refractivity contribution in [1.82, 2.24) is 0 Å². The van der Waals surface area contributed by atoms with Gasteiger partial charge in [-0.1, -0.05) is 173 Å². The number of phenolic OH excluding ortho intramolecular Hbond substituents is 4. The van der Waals surface area contributed by atoms with E-state index in [0.717, 1.165) is 96.0 Å². The summed E-state index contributed by atoms with van der Waals surface area (Å²) >= 11 is 42.2. The van der Waals surface area contributed by atoms with Gasteiger partial charge in [0.05, 0.1) is 10.8 Å². The first-order valence-electron chi connectivity index (χ1n) is 28.5. The van der Waals surface area contributed by atoms with E-state index in [1.807, 2.05) is 79.2 Å². The fourth-order valence-corrected chi connectivity index (χ4v) is 19.8. The first-order valence-corrected chi connectivity index (χ1v) is 47.3. The summed E-state index contributed by atoms with van der Waals surface area (Å²) in [6, 6.07) is 50.7. The summed E-state index contributed by atoms with van der Waals surface area (Å²) in [4.78, 5) is 2.79. The summed E-state index contributed by atoms with van der Waals surface area (Å²) in [6.07, 6.45) is 5.58. The smallest absolute Gasteiger partial charge is 0.508 e. The van der Waals surface area contributed by atoms with Crippen LogP contribution >= 0.6 is 228 Å². The Kier molecular flexibility index (Phi) is 44.5. The SMILES string of the molecule is C.C.CS(=O)c1cc(Br)ccc1-c1cc(O)cc(Br)c1.CSc1cc(Br)ccc1-c1cc(O)cc(Br)c1.CSc1cc(Br)ccc1B(O)O.O=S(=O)(O)C(F)(F)F.O=S(=O)(O)O.O=S(=O)(Oc1cc(Br)c2sc3cc(Br)ccc3c2c1)C(F)(F)F.OO.Oc1cc(Br)c2sc3cc(Br)ccc3c2c1.Oc1cc(Br)cc(I)c1. The molecule has 0 bridgehead atoms. The molecule has 0 saturated heterocycles. The number of aromatic hydroxyl groups is 4. The predicted octanol–water partition coefficient (Wildman–Crippen LogP) is 25.4. The van der Waals surface area contributed by atoms with Crippen molar-refractivity contribution in [2.45, 2.75) is 40.6 Å². The molecule has 0 aliphatic heterocycles. The van der Waals surface area contributed by atoms with Crippen molar-refractivity contribution >= 4 is 322 Å². The minimum Gasteiger partial charge on any atom is -0.508 e. The van der Waals surface area contributed by atoms with Gasteiger partial charge in [0.25, 0.3) is 0 Å². The molecule has 1 atom stereocenters. The van der Waals surface area contributed by atoms with Crippen molar-refractivity contribution in [3.63, 3.8) is 0 Å². The predicted molar refractivity (Wildman–Crippen MR) is 484 cm³/mol. The van der Waals surface area contributed by atoms with E-state index in [1.165, 1.54) is 54.9 Å². The van der Waals surface area contributed by atoms with Gasteiger partial charge in [0.15, 0.2) is 0 Å². The number of rotatable bonds is 8. The number of hydrogen-bond donors (Lipinski definition) is 11. The molecule has 608 valence electrons. The quantitative estimate of drug-likeness (QED) is 0.00775. The van der Waals surface area contributed by atoms with Gasteiger partial charge >= 0.3 is 48.8 Å². The minimum absolute atomic E-state index is 0. The molecule has 11 N–H and O–H groups in total. The summed E-state index contributed by atoms with van der Waals surface area (Å²) in [5, 5.41) is 71.4. The van der Waals surface area contributed by atoms with Crippen LogP contribution in [0.2, 0.25) is 0 Å². The lowest BCUT2D eigenvalue weighted by atomic mass is 9.80. The molecule has 19 nitrogen and oxygen atoms in total. The van der Waals surface area contributed by atoms with E-state index in [9.17, 15) is 54.3 Å². The van der Waals surface area contributed by atoms with Gasteiger partial charge in [0.2, 0.25) is 0 Å². The average molecular weight is 2470 g/mol. The van der Waals surface area contributed by atoms with E-state index >= 15 is 0 Å². The molecule has 0 spiro atoms. The Morgan fingerprint density at radius 1 is 0.455 bits per heavy atom. The molecule has 112 heavy (non-hydrogen) atoms. The van der Waals surface area contributed by atoms with E-state index in [0.29, 0.717) is 26.8 Å². The van der Waals surface area contributed by atoms with Crippen LogP contribution in [0.3, 0.4) is 0 Å². The van der Waals surface area contributed by atoms with Crippen molar-refractivity contribution in [3.05, 3.63) is 218 Å². The number of hydrogen-bond acceptors (Lipinski definition) is 20. The maximum Gasteiger partial charge on any atom is 0.534 e. The van der Waals surface area contributed by atoms with Gasteiger partial charge in [-0.15, -0.1) is 46.2 Å². The zero-order chi connectivity index (χ0) is 83.5. The van der Waals surface area contributed by atoms with E-state index in [4.69, 9.17) is 56.2 Å². The number of thiophene rings is 2. The third-order valence-electron chi connectivity index (χ3n) is 12.8. The maximum absolute atomic E-state index is 12.4. The molecule has 10 aromatic carbocycles. The lowest BCUT2D eigenvalue weighted by molar-refractivity contribution is -0.176. The lowest BCUT2D eigenvalue weighted by Gasteiger charge is -2.10. The van der Waals surface area contributed by atoms with Gasteiger partial charge < -0.3 is 34.7 Å². The van der Waals surface area contributed by atoms with Crippen LogP contribution in [0.15, 0.2) is 229 Å². The normalized spacial score (nSPS) is 11.3. The van der Waals surface area contributed by atoms with Crippen LogP contribution in [-0.4, -0.2) is 121 Å². The minimum atomic E-state index is -5.84. The van der Waals surface area contributed by atoms with Crippen molar-refractivity contribution in [1.29, 1.82) is 0 Å². The monoisotopic (exact) mass is 2460 g/mol. The molecular formula is C67H56BBr10F6IO19S8. The second kappa shape index (κ2) is 47.3. The fourth-order valence-electron chi connectivity index (χ4n) is 8.58. The standard InChI is InChI=1S/C13H5Br2F3O3S2.C13H10Br2O2S.C13H10Br2OS.C12H6Br2OS.C7H8BBrO2S.C6H4BrIO.CHF3O3S.2CH4.H2O4S.H2O2/c14-6-1-2-8-9-4-7(21-23(19,20)13(16,17)18)5-10(15)12(9)22-11(8)3-6;1-18(17)13-7-9(14)2-3-12(13)8-4-10(15)6-11(16)5-8;1-17-13-7-9(14)2-3-12(13)8-4-10(15)6-11(16)5-8;13-6-1-2-8-9-4-7(15)5-10(14)12(9)16-11(8)3-6;1-12-7-4-5(9)2-3-6(7)8(10)11;7-4-1-5(8)3-6(9)2-4;2-1(3,4)8(5,6)7;;;1-5(2,3)4;1-2/h1-5H;2-7,16H,1H3;2-7,16H,1H3;1-5,15H;2-4,10-11H,1H3;1-3,9H;(H,5,6,7);2*1H4;(H2,1,2,3,4);1-2H. The molecule has 2 aromatic heterocycles. The highest BCUT2D eigenvalue weighted by atomic mass is 127. The van der Waals surface area contributed by atoms with Crippen LogP contribution in [0.1, 0.15) is 14.9 Å². The molecule has 0 saturated carbocycles. The number of thioether (sulfide) groups is 2. The van der Waals surface area contributed by atoms with Gasteiger partial charge in [0, 0.05) is 110 Å². The number of phenols is 4. The molecule has 2 heterocycles. The number of fused-ring (bicyclic) bond motifs is 6. The topological polar surface area (TPSA) is 351 Å². The first-order chi connectivity index (χ1) is 50.9. The third kappa shape index (κ3) is 33.8. The largest absolute Gasteiger partial charge is 0.534 e. The number of halogens is 17. The van der Waals surface area contributed by atoms with E-state index in [2.05, 4.69) is 210 Å². The van der Waals surface area contributed by atoms with Crippen molar-refractivity contribution in [2.75, 3.05) is 18.8 Å². The molecule has 0 fully saturated rings. The Bertz CT molecular complexity index is 5530. The number of alkyl halides is 6. The third-order valence-corrected chi connectivity index (χ3v) is 25.6. The van der Waals surface area contributed by atoms with Crippen molar-refractivity contribution in [3.8, 4) is 51.0 Å². The summed E-state index contributed by atoms with van der Waals surface area (Å²) in [5.41, 5.74) is -6.64. The molecule has 0 radical (unpaired) electrons. The maximum atomic E-state index is 12.4. The fraction of sp³-hybridized carbons (Fsp3) is 0.104. The zero-order valence-electron chi connectivity index (χ0n) is 54.6. The molecule has 12 aromatic rings.